The molecule has 2 aromatic rings. The SMILES string of the molecule is CCNC(Cc1ccc(I)cc1)c1cccc(F)c1. The Kier molecular flexibility index (Phi) is 5.34. The number of likely N-dealkylation sites (N-methyl/N-ethyl adjacent to an activating group) is 1. The van der Waals surface area contributed by atoms with E-state index in [2.05, 4.69) is 59.1 Å². The lowest BCUT2D eigenvalue weighted by Gasteiger charge is -2.18. The lowest BCUT2D eigenvalue weighted by molar-refractivity contribution is 0.542. The molecule has 2 rings (SSSR count). The third kappa shape index (κ3) is 4.28. The first-order valence-electron chi connectivity index (χ1n) is 6.42. The molecule has 0 aromatic heterocycles. The number of nitrogens with one attached hydrogen (secondary N) is 1. The minimum absolute atomic E-state index is 0.153. The second-order valence-electron chi connectivity index (χ2n) is 4.50. The molecule has 19 heavy (non-hydrogen) atoms. The standard InChI is InChI=1S/C16H17FIN/c1-2-19-16(13-4-3-5-14(17)11-13)10-12-6-8-15(18)9-7-12/h3-9,11,16,19H,2,10H2,1H3. The van der Waals surface area contributed by atoms with E-state index >= 15 is 0 Å². The lowest BCUT2D eigenvalue weighted by atomic mass is 9.99. The van der Waals surface area contributed by atoms with E-state index in [1.165, 1.54) is 15.2 Å². The Balaban J connectivity index is 2.18. The zero-order chi connectivity index (χ0) is 13.7. The summed E-state index contributed by atoms with van der Waals surface area (Å²) in [7, 11) is 0. The van der Waals surface area contributed by atoms with Crippen LogP contribution in [0.4, 0.5) is 4.39 Å². The average Bonchev–Trinajstić information content (AvgIpc) is 2.41. The van der Waals surface area contributed by atoms with E-state index in [0.29, 0.717) is 0 Å². The Labute approximate surface area is 127 Å². The van der Waals surface area contributed by atoms with Gasteiger partial charge in [-0.1, -0.05) is 31.2 Å². The molecule has 0 heterocycles. The number of hydrogen-bond donors (Lipinski definition) is 1. The molecule has 0 spiro atoms. The molecule has 1 atom stereocenters. The van der Waals surface area contributed by atoms with Gasteiger partial charge in [-0.25, -0.2) is 4.39 Å². The van der Waals surface area contributed by atoms with Crippen LogP contribution < -0.4 is 5.32 Å². The highest BCUT2D eigenvalue weighted by atomic mass is 127. The van der Waals surface area contributed by atoms with Crippen LogP contribution in [-0.2, 0) is 6.42 Å². The molecule has 0 aliphatic heterocycles. The molecule has 0 amide bonds. The summed E-state index contributed by atoms with van der Waals surface area (Å²) >= 11 is 2.30. The van der Waals surface area contributed by atoms with Crippen LogP contribution in [0, 0.1) is 9.39 Å². The third-order valence-electron chi connectivity index (χ3n) is 3.05. The zero-order valence-electron chi connectivity index (χ0n) is 10.9. The van der Waals surface area contributed by atoms with E-state index < -0.39 is 0 Å². The Morgan fingerprint density at radius 1 is 1.16 bits per heavy atom. The second-order valence-corrected chi connectivity index (χ2v) is 5.74. The minimum Gasteiger partial charge on any atom is -0.310 e. The molecule has 0 aliphatic rings. The van der Waals surface area contributed by atoms with Gasteiger partial charge in [-0.15, -0.1) is 0 Å². The Hall–Kier alpha value is -0.940. The van der Waals surface area contributed by atoms with Gasteiger partial charge < -0.3 is 5.32 Å². The van der Waals surface area contributed by atoms with Gasteiger partial charge in [-0.3, -0.25) is 0 Å². The van der Waals surface area contributed by atoms with Gasteiger partial charge in [0.2, 0.25) is 0 Å². The van der Waals surface area contributed by atoms with Crippen molar-refractivity contribution in [2.24, 2.45) is 0 Å². The van der Waals surface area contributed by atoms with Crippen LogP contribution in [-0.4, -0.2) is 6.54 Å². The summed E-state index contributed by atoms with van der Waals surface area (Å²) in [5.74, 6) is -0.178. The molecule has 0 radical (unpaired) electrons. The van der Waals surface area contributed by atoms with Gasteiger partial charge in [0.15, 0.2) is 0 Å². The molecule has 0 bridgehead atoms. The summed E-state index contributed by atoms with van der Waals surface area (Å²) in [5, 5.41) is 3.42. The van der Waals surface area contributed by atoms with Crippen LogP contribution in [0.25, 0.3) is 0 Å². The molecular formula is C16H17FIN. The molecule has 0 saturated heterocycles. The first-order valence-corrected chi connectivity index (χ1v) is 7.50. The van der Waals surface area contributed by atoms with E-state index in [1.807, 2.05) is 6.07 Å². The van der Waals surface area contributed by atoms with Crippen LogP contribution in [0.1, 0.15) is 24.1 Å². The predicted molar refractivity (Wildman–Crippen MR) is 85.7 cm³/mol. The van der Waals surface area contributed by atoms with Gasteiger partial charge in [0.1, 0.15) is 5.82 Å². The molecule has 1 nitrogen and oxygen atoms in total. The van der Waals surface area contributed by atoms with Gasteiger partial charge in [-0.2, -0.15) is 0 Å². The number of rotatable bonds is 5. The van der Waals surface area contributed by atoms with Crippen LogP contribution in [0.2, 0.25) is 0 Å². The van der Waals surface area contributed by atoms with Gasteiger partial charge in [0, 0.05) is 9.61 Å². The number of halogens is 2. The van der Waals surface area contributed by atoms with Crippen LogP contribution in [0.3, 0.4) is 0 Å². The second kappa shape index (κ2) is 7.01. The average molecular weight is 369 g/mol. The van der Waals surface area contributed by atoms with Crippen molar-refractivity contribution in [2.75, 3.05) is 6.54 Å². The summed E-state index contributed by atoms with van der Waals surface area (Å²) < 4.78 is 14.6. The maximum atomic E-state index is 13.3. The van der Waals surface area contributed by atoms with Crippen molar-refractivity contribution in [1.82, 2.24) is 5.32 Å². The van der Waals surface area contributed by atoms with Crippen molar-refractivity contribution in [2.45, 2.75) is 19.4 Å². The van der Waals surface area contributed by atoms with Gasteiger partial charge in [-0.05, 0) is 70.9 Å². The quantitative estimate of drug-likeness (QED) is 0.774. The molecule has 0 fully saturated rings. The van der Waals surface area contributed by atoms with Crippen LogP contribution >= 0.6 is 22.6 Å². The smallest absolute Gasteiger partial charge is 0.123 e. The Morgan fingerprint density at radius 3 is 2.53 bits per heavy atom. The molecule has 1 N–H and O–H groups in total. The number of benzene rings is 2. The summed E-state index contributed by atoms with van der Waals surface area (Å²) in [6.45, 7) is 2.94. The lowest BCUT2D eigenvalue weighted by Crippen LogP contribution is -2.23. The van der Waals surface area contributed by atoms with Gasteiger partial charge in [0.05, 0.1) is 0 Å². The maximum Gasteiger partial charge on any atom is 0.123 e. The zero-order valence-corrected chi connectivity index (χ0v) is 13.0. The highest BCUT2D eigenvalue weighted by Gasteiger charge is 2.11. The summed E-state index contributed by atoms with van der Waals surface area (Å²) in [6.07, 6.45) is 0.869. The highest BCUT2D eigenvalue weighted by molar-refractivity contribution is 14.1. The van der Waals surface area contributed by atoms with Crippen LogP contribution in [0.5, 0.6) is 0 Å². The Bertz CT molecular complexity index is 525. The molecule has 100 valence electrons. The largest absolute Gasteiger partial charge is 0.310 e. The fourth-order valence-electron chi connectivity index (χ4n) is 2.13. The van der Waals surface area contributed by atoms with E-state index in [-0.39, 0.29) is 11.9 Å². The molecule has 1 unspecified atom stereocenters. The number of hydrogen-bond acceptors (Lipinski definition) is 1. The molecule has 0 aliphatic carbocycles. The highest BCUT2D eigenvalue weighted by Crippen LogP contribution is 2.20. The van der Waals surface area contributed by atoms with Gasteiger partial charge >= 0.3 is 0 Å². The minimum atomic E-state index is -0.178. The monoisotopic (exact) mass is 369 g/mol. The van der Waals surface area contributed by atoms with Crippen molar-refractivity contribution in [3.63, 3.8) is 0 Å². The third-order valence-corrected chi connectivity index (χ3v) is 3.77. The molecule has 3 heteroatoms. The maximum absolute atomic E-state index is 13.3. The molecule has 2 aromatic carbocycles. The summed E-state index contributed by atoms with van der Waals surface area (Å²) in [4.78, 5) is 0. The summed E-state index contributed by atoms with van der Waals surface area (Å²) in [5.41, 5.74) is 2.26. The van der Waals surface area contributed by atoms with Crippen LogP contribution in [0.15, 0.2) is 48.5 Å². The first kappa shape index (κ1) is 14.5. The fraction of sp³-hybridized carbons (Fsp3) is 0.250. The van der Waals surface area contributed by atoms with E-state index in [0.717, 1.165) is 18.5 Å². The Morgan fingerprint density at radius 2 is 1.89 bits per heavy atom. The normalized spacial score (nSPS) is 12.4. The van der Waals surface area contributed by atoms with E-state index in [1.54, 1.807) is 12.1 Å². The van der Waals surface area contributed by atoms with Crippen molar-refractivity contribution >= 4 is 22.6 Å². The van der Waals surface area contributed by atoms with E-state index in [9.17, 15) is 4.39 Å². The molecule has 0 saturated carbocycles. The fourth-order valence-corrected chi connectivity index (χ4v) is 2.49. The predicted octanol–water partition coefficient (Wildman–Crippen LogP) is 4.32. The topological polar surface area (TPSA) is 12.0 Å². The van der Waals surface area contributed by atoms with Crippen molar-refractivity contribution in [1.29, 1.82) is 0 Å². The first-order chi connectivity index (χ1) is 9.19. The van der Waals surface area contributed by atoms with E-state index in [4.69, 9.17) is 0 Å². The molecular weight excluding hydrogens is 352 g/mol. The van der Waals surface area contributed by atoms with Crippen molar-refractivity contribution in [3.05, 3.63) is 69.0 Å². The van der Waals surface area contributed by atoms with Gasteiger partial charge in [0.25, 0.3) is 0 Å². The van der Waals surface area contributed by atoms with Crippen molar-refractivity contribution in [3.8, 4) is 0 Å². The summed E-state index contributed by atoms with van der Waals surface area (Å²) in [6, 6.07) is 15.5. The van der Waals surface area contributed by atoms with Crippen molar-refractivity contribution < 1.29 is 4.39 Å².